The molecule has 1 rings (SSSR count). The summed E-state index contributed by atoms with van der Waals surface area (Å²) in [5, 5.41) is 0. The third kappa shape index (κ3) is 3.38. The van der Waals surface area contributed by atoms with E-state index in [0.29, 0.717) is 10.0 Å². The number of alkyl halides is 1. The van der Waals surface area contributed by atoms with Crippen LogP contribution in [-0.2, 0) is 15.2 Å². The molecule has 0 unspecified atom stereocenters. The van der Waals surface area contributed by atoms with Crippen LogP contribution in [0.5, 0.6) is 0 Å². The summed E-state index contributed by atoms with van der Waals surface area (Å²) in [5.74, 6) is -1.64. The molecule has 0 aliphatic carbocycles. The minimum atomic E-state index is -1.52. The zero-order chi connectivity index (χ0) is 13.9. The van der Waals surface area contributed by atoms with Crippen molar-refractivity contribution in [3.63, 3.8) is 0 Å². The summed E-state index contributed by atoms with van der Waals surface area (Å²) < 4.78 is 18.9. The smallest absolute Gasteiger partial charge is 0.379 e. The Kier molecular flexibility index (Phi) is 4.62. The van der Waals surface area contributed by atoms with Crippen molar-refractivity contribution >= 4 is 27.7 Å². The third-order valence-electron chi connectivity index (χ3n) is 2.33. The van der Waals surface area contributed by atoms with Crippen molar-refractivity contribution in [2.24, 2.45) is 0 Å². The minimum Gasteiger partial charge on any atom is -0.460 e. The molecule has 0 aliphatic rings. The van der Waals surface area contributed by atoms with Crippen molar-refractivity contribution in [3.8, 4) is 0 Å². The highest BCUT2D eigenvalue weighted by Gasteiger charge is 2.24. The van der Waals surface area contributed by atoms with Crippen LogP contribution in [0.4, 0.5) is 4.39 Å². The molecule has 0 radical (unpaired) electrons. The van der Waals surface area contributed by atoms with Gasteiger partial charge in [0.25, 0.3) is 5.78 Å². The summed E-state index contributed by atoms with van der Waals surface area (Å²) >= 11 is 3.19. The van der Waals surface area contributed by atoms with Gasteiger partial charge in [-0.25, -0.2) is 9.18 Å². The zero-order valence-corrected chi connectivity index (χ0v) is 12.0. The van der Waals surface area contributed by atoms with Crippen LogP contribution in [0, 0.1) is 0 Å². The number of carbonyl (C=O) groups is 2. The molecule has 98 valence electrons. The molecule has 0 aromatic heterocycles. The second kappa shape index (κ2) is 5.61. The Bertz CT molecular complexity index is 478. The van der Waals surface area contributed by atoms with Crippen molar-refractivity contribution in [3.05, 3.63) is 33.8 Å². The van der Waals surface area contributed by atoms with E-state index in [2.05, 4.69) is 20.7 Å². The summed E-state index contributed by atoms with van der Waals surface area (Å²) in [4.78, 5) is 22.9. The van der Waals surface area contributed by atoms with Gasteiger partial charge in [-0.2, -0.15) is 0 Å². The van der Waals surface area contributed by atoms with Gasteiger partial charge in [-0.05, 0) is 26.8 Å². The second-order valence-electron chi connectivity index (χ2n) is 4.22. The molecule has 0 saturated heterocycles. The van der Waals surface area contributed by atoms with Crippen molar-refractivity contribution in [1.82, 2.24) is 0 Å². The van der Waals surface area contributed by atoms with E-state index in [1.165, 1.54) is 32.0 Å². The van der Waals surface area contributed by atoms with Crippen LogP contribution >= 0.6 is 15.9 Å². The number of ether oxygens (including phenoxy) is 1. The molecular weight excluding hydrogens is 303 g/mol. The van der Waals surface area contributed by atoms with E-state index in [1.807, 2.05) is 0 Å². The summed E-state index contributed by atoms with van der Waals surface area (Å²) in [6.45, 7) is 4.59. The molecule has 0 bridgehead atoms. The number of rotatable bonds is 4. The van der Waals surface area contributed by atoms with Crippen molar-refractivity contribution < 1.29 is 18.7 Å². The second-order valence-corrected chi connectivity index (χ2v) is 5.07. The van der Waals surface area contributed by atoms with E-state index in [9.17, 15) is 14.0 Å². The van der Waals surface area contributed by atoms with E-state index in [1.54, 1.807) is 6.92 Å². The fourth-order valence-electron chi connectivity index (χ4n) is 1.45. The lowest BCUT2D eigenvalue weighted by Crippen LogP contribution is -2.18. The molecule has 0 heterocycles. The summed E-state index contributed by atoms with van der Waals surface area (Å²) in [7, 11) is 0. The van der Waals surface area contributed by atoms with Crippen LogP contribution in [0.1, 0.15) is 36.7 Å². The van der Waals surface area contributed by atoms with Crippen LogP contribution in [0.25, 0.3) is 0 Å². The normalized spacial score (nSPS) is 11.2. The van der Waals surface area contributed by atoms with Crippen LogP contribution in [0.15, 0.2) is 22.7 Å². The molecule has 1 aromatic rings. The first kappa shape index (κ1) is 14.8. The first-order valence-corrected chi connectivity index (χ1v) is 6.27. The van der Waals surface area contributed by atoms with Gasteiger partial charge >= 0.3 is 5.97 Å². The first-order chi connectivity index (χ1) is 8.27. The number of ketones is 1. The average Bonchev–Trinajstić information content (AvgIpc) is 2.26. The Morgan fingerprint density at radius 1 is 1.39 bits per heavy atom. The predicted octanol–water partition coefficient (Wildman–Crippen LogP) is 3.40. The van der Waals surface area contributed by atoms with E-state index >= 15 is 0 Å². The lowest BCUT2D eigenvalue weighted by atomic mass is 9.98. The van der Waals surface area contributed by atoms with Crippen LogP contribution in [0.3, 0.4) is 0 Å². The Morgan fingerprint density at radius 2 is 2.00 bits per heavy atom. The number of hydrogen-bond acceptors (Lipinski definition) is 3. The molecule has 1 aromatic carbocycles. The maximum atomic E-state index is 13.8. The maximum absolute atomic E-state index is 13.8. The van der Waals surface area contributed by atoms with E-state index in [-0.39, 0.29) is 12.2 Å². The number of benzene rings is 1. The van der Waals surface area contributed by atoms with Crippen molar-refractivity contribution in [2.75, 3.05) is 6.61 Å². The van der Waals surface area contributed by atoms with Crippen molar-refractivity contribution in [1.29, 1.82) is 0 Å². The molecule has 3 nitrogen and oxygen atoms in total. The molecule has 0 fully saturated rings. The van der Waals surface area contributed by atoms with Gasteiger partial charge in [0.15, 0.2) is 0 Å². The first-order valence-electron chi connectivity index (χ1n) is 5.47. The number of esters is 1. The molecule has 0 aliphatic heterocycles. The SMILES string of the molecule is CCOC(=O)C(=O)c1ccc(C(C)(C)F)c(Br)c1. The van der Waals surface area contributed by atoms with Gasteiger partial charge in [0, 0.05) is 15.6 Å². The lowest BCUT2D eigenvalue weighted by molar-refractivity contribution is -0.137. The molecule has 5 heteroatoms. The highest BCUT2D eigenvalue weighted by atomic mass is 79.9. The third-order valence-corrected chi connectivity index (χ3v) is 2.99. The Balaban J connectivity index is 3.05. The maximum Gasteiger partial charge on any atom is 0.379 e. The lowest BCUT2D eigenvalue weighted by Gasteiger charge is -2.16. The number of hydrogen-bond donors (Lipinski definition) is 0. The van der Waals surface area contributed by atoms with Crippen LogP contribution in [-0.4, -0.2) is 18.4 Å². The predicted molar refractivity (Wildman–Crippen MR) is 69.2 cm³/mol. The number of Topliss-reactive ketones (excluding diaryl/α,β-unsaturated/α-hetero) is 1. The van der Waals surface area contributed by atoms with Gasteiger partial charge < -0.3 is 4.74 Å². The summed E-state index contributed by atoms with van der Waals surface area (Å²) in [6.07, 6.45) is 0. The molecule has 0 saturated carbocycles. The molecule has 0 amide bonds. The Morgan fingerprint density at radius 3 is 2.44 bits per heavy atom. The van der Waals surface area contributed by atoms with Crippen molar-refractivity contribution in [2.45, 2.75) is 26.4 Å². The van der Waals surface area contributed by atoms with E-state index in [0.717, 1.165) is 0 Å². The highest BCUT2D eigenvalue weighted by molar-refractivity contribution is 9.10. The van der Waals surface area contributed by atoms with E-state index in [4.69, 9.17) is 0 Å². The van der Waals surface area contributed by atoms with Crippen LogP contribution < -0.4 is 0 Å². The zero-order valence-electron chi connectivity index (χ0n) is 10.4. The topological polar surface area (TPSA) is 43.4 Å². The molecular formula is C13H14BrFO3. The summed E-state index contributed by atoms with van der Waals surface area (Å²) in [6, 6.07) is 4.33. The fourth-order valence-corrected chi connectivity index (χ4v) is 2.30. The Hall–Kier alpha value is -1.23. The van der Waals surface area contributed by atoms with Gasteiger partial charge in [0.1, 0.15) is 5.67 Å². The van der Waals surface area contributed by atoms with Gasteiger partial charge in [0.2, 0.25) is 0 Å². The summed E-state index contributed by atoms with van der Waals surface area (Å²) in [5.41, 5.74) is -0.930. The van der Waals surface area contributed by atoms with Gasteiger partial charge in [-0.1, -0.05) is 28.1 Å². The average molecular weight is 317 g/mol. The van der Waals surface area contributed by atoms with Crippen LogP contribution in [0.2, 0.25) is 0 Å². The fraction of sp³-hybridized carbons (Fsp3) is 0.385. The number of carbonyl (C=O) groups excluding carboxylic acids is 2. The van der Waals surface area contributed by atoms with Gasteiger partial charge in [0.05, 0.1) is 6.61 Å². The largest absolute Gasteiger partial charge is 0.460 e. The molecule has 0 N–H and O–H groups in total. The molecule has 18 heavy (non-hydrogen) atoms. The number of halogens is 2. The molecule has 0 atom stereocenters. The van der Waals surface area contributed by atoms with Gasteiger partial charge in [-0.15, -0.1) is 0 Å². The quantitative estimate of drug-likeness (QED) is 0.486. The van der Waals surface area contributed by atoms with Gasteiger partial charge in [-0.3, -0.25) is 4.79 Å². The van der Waals surface area contributed by atoms with E-state index < -0.39 is 17.4 Å². The standard InChI is InChI=1S/C13H14BrFO3/c1-4-18-12(17)11(16)8-5-6-9(10(14)7-8)13(2,3)15/h5-7H,4H2,1-3H3. The monoisotopic (exact) mass is 316 g/mol. The minimum absolute atomic E-state index is 0.140. The Labute approximate surface area is 113 Å². The highest BCUT2D eigenvalue weighted by Crippen LogP contribution is 2.31. The molecule has 0 spiro atoms.